The van der Waals surface area contributed by atoms with Crippen molar-refractivity contribution in [1.29, 1.82) is 0 Å². The van der Waals surface area contributed by atoms with Gasteiger partial charge in [0, 0.05) is 36.6 Å². The van der Waals surface area contributed by atoms with E-state index in [0.29, 0.717) is 31.1 Å². The van der Waals surface area contributed by atoms with E-state index in [2.05, 4.69) is 20.9 Å². The summed E-state index contributed by atoms with van der Waals surface area (Å²) in [6.45, 7) is 4.53. The van der Waals surface area contributed by atoms with Crippen LogP contribution in [-0.2, 0) is 13.1 Å². The van der Waals surface area contributed by atoms with E-state index in [9.17, 15) is 4.79 Å². The van der Waals surface area contributed by atoms with Gasteiger partial charge in [-0.2, -0.15) is 5.10 Å². The summed E-state index contributed by atoms with van der Waals surface area (Å²) >= 11 is 0. The highest BCUT2D eigenvalue weighted by molar-refractivity contribution is 6.02. The molecule has 1 aliphatic rings. The van der Waals surface area contributed by atoms with E-state index in [1.165, 1.54) is 0 Å². The summed E-state index contributed by atoms with van der Waals surface area (Å²) in [6.07, 6.45) is 3.66. The minimum absolute atomic E-state index is 0.230. The Labute approximate surface area is 150 Å². The smallest absolute Gasteiger partial charge is 0.277 e. The molecule has 0 unspecified atom stereocenters. The monoisotopic (exact) mass is 353 g/mol. The largest absolute Gasteiger partial charge is 0.492 e. The second kappa shape index (κ2) is 7.01. The summed E-state index contributed by atoms with van der Waals surface area (Å²) < 4.78 is 12.6. The summed E-state index contributed by atoms with van der Waals surface area (Å²) in [4.78, 5) is 12.4. The van der Waals surface area contributed by atoms with E-state index in [1.54, 1.807) is 16.9 Å². The lowest BCUT2D eigenvalue weighted by Crippen LogP contribution is -2.16. The zero-order valence-corrected chi connectivity index (χ0v) is 14.4. The molecular formula is C18H19N5O3. The van der Waals surface area contributed by atoms with E-state index in [1.807, 2.05) is 31.3 Å². The molecule has 0 spiro atoms. The predicted octanol–water partition coefficient (Wildman–Crippen LogP) is 1.96. The number of hydrogen-bond acceptors (Lipinski definition) is 6. The SMILES string of the molecule is Cc1cnn(Cc2cc(C(=O)Nc3ccc4c(c3)CNCCO4)no2)c1. The van der Waals surface area contributed by atoms with Gasteiger partial charge in [0.2, 0.25) is 0 Å². The summed E-state index contributed by atoms with van der Waals surface area (Å²) in [7, 11) is 0. The summed E-state index contributed by atoms with van der Waals surface area (Å²) in [6, 6.07) is 7.21. The molecule has 0 atom stereocenters. The standard InChI is InChI=1S/C18H19N5O3/c1-12-8-20-23(10-12)11-15-7-16(22-26-15)18(24)21-14-2-3-17-13(6-14)9-19-4-5-25-17/h2-3,6-8,10,19H,4-5,9,11H2,1H3,(H,21,24). The first kappa shape index (κ1) is 16.3. The van der Waals surface area contributed by atoms with Crippen LogP contribution in [0.3, 0.4) is 0 Å². The number of anilines is 1. The molecule has 26 heavy (non-hydrogen) atoms. The Morgan fingerprint density at radius 2 is 2.31 bits per heavy atom. The number of carbonyl (C=O) groups is 1. The van der Waals surface area contributed by atoms with Crippen molar-refractivity contribution in [3.63, 3.8) is 0 Å². The molecule has 2 N–H and O–H groups in total. The molecule has 4 rings (SSSR count). The van der Waals surface area contributed by atoms with Crippen molar-refractivity contribution in [2.75, 3.05) is 18.5 Å². The number of aryl methyl sites for hydroxylation is 1. The average molecular weight is 353 g/mol. The molecule has 1 aromatic carbocycles. The van der Waals surface area contributed by atoms with Gasteiger partial charge in [-0.05, 0) is 30.7 Å². The van der Waals surface area contributed by atoms with Gasteiger partial charge in [0.25, 0.3) is 5.91 Å². The lowest BCUT2D eigenvalue weighted by atomic mass is 10.1. The fourth-order valence-corrected chi connectivity index (χ4v) is 2.80. The molecule has 1 amide bonds. The number of hydrogen-bond donors (Lipinski definition) is 2. The van der Waals surface area contributed by atoms with Gasteiger partial charge >= 0.3 is 0 Å². The summed E-state index contributed by atoms with van der Waals surface area (Å²) in [5.41, 5.74) is 2.99. The van der Waals surface area contributed by atoms with Gasteiger partial charge in [-0.15, -0.1) is 0 Å². The van der Waals surface area contributed by atoms with Crippen LogP contribution in [0.25, 0.3) is 0 Å². The first-order valence-corrected chi connectivity index (χ1v) is 8.40. The molecule has 0 saturated heterocycles. The highest BCUT2D eigenvalue weighted by atomic mass is 16.5. The van der Waals surface area contributed by atoms with E-state index in [4.69, 9.17) is 9.26 Å². The van der Waals surface area contributed by atoms with Crippen molar-refractivity contribution in [1.82, 2.24) is 20.3 Å². The van der Waals surface area contributed by atoms with E-state index >= 15 is 0 Å². The van der Waals surface area contributed by atoms with Crippen LogP contribution in [0.5, 0.6) is 5.75 Å². The van der Waals surface area contributed by atoms with Crippen molar-refractivity contribution < 1.29 is 14.1 Å². The van der Waals surface area contributed by atoms with E-state index in [0.717, 1.165) is 23.4 Å². The van der Waals surface area contributed by atoms with E-state index in [-0.39, 0.29) is 11.6 Å². The lowest BCUT2D eigenvalue weighted by molar-refractivity contribution is 0.101. The number of benzene rings is 1. The molecule has 3 heterocycles. The number of ether oxygens (including phenoxy) is 1. The first-order chi connectivity index (χ1) is 12.7. The zero-order valence-electron chi connectivity index (χ0n) is 14.4. The van der Waals surface area contributed by atoms with Crippen LogP contribution in [0, 0.1) is 6.92 Å². The van der Waals surface area contributed by atoms with Crippen LogP contribution in [0.1, 0.15) is 27.4 Å². The molecule has 0 fully saturated rings. The van der Waals surface area contributed by atoms with Gasteiger partial charge in [-0.25, -0.2) is 0 Å². The molecule has 8 heteroatoms. The average Bonchev–Trinajstić information content (AvgIpc) is 3.18. The number of fused-ring (bicyclic) bond motifs is 1. The van der Waals surface area contributed by atoms with Crippen molar-refractivity contribution in [3.8, 4) is 5.75 Å². The maximum atomic E-state index is 12.4. The third-order valence-corrected chi connectivity index (χ3v) is 4.04. The van der Waals surface area contributed by atoms with Crippen LogP contribution >= 0.6 is 0 Å². The Morgan fingerprint density at radius 1 is 1.38 bits per heavy atom. The molecule has 0 saturated carbocycles. The maximum absolute atomic E-state index is 12.4. The lowest BCUT2D eigenvalue weighted by Gasteiger charge is -2.09. The van der Waals surface area contributed by atoms with Gasteiger partial charge in [0.05, 0.1) is 6.20 Å². The van der Waals surface area contributed by atoms with Crippen LogP contribution < -0.4 is 15.4 Å². The minimum atomic E-state index is -0.320. The Balaban J connectivity index is 1.44. The fourth-order valence-electron chi connectivity index (χ4n) is 2.80. The van der Waals surface area contributed by atoms with Gasteiger partial charge < -0.3 is 19.9 Å². The summed E-state index contributed by atoms with van der Waals surface area (Å²) in [5.74, 6) is 1.09. The highest BCUT2D eigenvalue weighted by Crippen LogP contribution is 2.24. The van der Waals surface area contributed by atoms with Gasteiger partial charge in [-0.1, -0.05) is 5.16 Å². The molecule has 134 valence electrons. The Kier molecular flexibility index (Phi) is 4.40. The van der Waals surface area contributed by atoms with Crippen LogP contribution in [0.15, 0.2) is 41.2 Å². The number of aromatic nitrogens is 3. The molecule has 0 aliphatic carbocycles. The van der Waals surface area contributed by atoms with Crippen molar-refractivity contribution in [2.45, 2.75) is 20.0 Å². The summed E-state index contributed by atoms with van der Waals surface area (Å²) in [5, 5.41) is 14.2. The number of nitrogens with one attached hydrogen (secondary N) is 2. The number of amides is 1. The molecule has 1 aliphatic heterocycles. The van der Waals surface area contributed by atoms with Crippen molar-refractivity contribution in [3.05, 3.63) is 59.2 Å². The molecule has 2 aromatic heterocycles. The topological polar surface area (TPSA) is 94.2 Å². The number of carbonyl (C=O) groups excluding carboxylic acids is 1. The normalized spacial score (nSPS) is 13.6. The molecule has 8 nitrogen and oxygen atoms in total. The van der Waals surface area contributed by atoms with Crippen LogP contribution in [0.2, 0.25) is 0 Å². The molecule has 3 aromatic rings. The Bertz CT molecular complexity index is 931. The molecule has 0 radical (unpaired) electrons. The Morgan fingerprint density at radius 3 is 3.15 bits per heavy atom. The van der Waals surface area contributed by atoms with Gasteiger partial charge in [0.1, 0.15) is 18.9 Å². The van der Waals surface area contributed by atoms with Crippen LogP contribution in [0.4, 0.5) is 5.69 Å². The van der Waals surface area contributed by atoms with Gasteiger partial charge in [0.15, 0.2) is 11.5 Å². The van der Waals surface area contributed by atoms with Crippen molar-refractivity contribution in [2.24, 2.45) is 0 Å². The molecule has 0 bridgehead atoms. The first-order valence-electron chi connectivity index (χ1n) is 8.40. The predicted molar refractivity (Wildman–Crippen MR) is 94.2 cm³/mol. The van der Waals surface area contributed by atoms with Crippen molar-refractivity contribution >= 4 is 11.6 Å². The third-order valence-electron chi connectivity index (χ3n) is 4.04. The second-order valence-electron chi connectivity index (χ2n) is 6.20. The second-order valence-corrected chi connectivity index (χ2v) is 6.20. The highest BCUT2D eigenvalue weighted by Gasteiger charge is 2.15. The minimum Gasteiger partial charge on any atom is -0.492 e. The molecular weight excluding hydrogens is 334 g/mol. The fraction of sp³-hybridized carbons (Fsp3) is 0.278. The van der Waals surface area contributed by atoms with Gasteiger partial charge in [-0.3, -0.25) is 9.48 Å². The van der Waals surface area contributed by atoms with Crippen LogP contribution in [-0.4, -0.2) is 34.0 Å². The maximum Gasteiger partial charge on any atom is 0.277 e. The number of rotatable bonds is 4. The number of nitrogens with zero attached hydrogens (tertiary/aromatic N) is 3. The Hall–Kier alpha value is -3.13. The third kappa shape index (κ3) is 3.60. The van der Waals surface area contributed by atoms with E-state index < -0.39 is 0 Å². The quantitative estimate of drug-likeness (QED) is 0.745. The zero-order chi connectivity index (χ0) is 17.9.